The van der Waals surface area contributed by atoms with Gasteiger partial charge in [-0.15, -0.1) is 0 Å². The second-order valence-electron chi connectivity index (χ2n) is 5.88. The number of benzene rings is 2. The fourth-order valence-corrected chi connectivity index (χ4v) is 2.53. The van der Waals surface area contributed by atoms with E-state index in [2.05, 4.69) is 39.7 Å². The predicted octanol–water partition coefficient (Wildman–Crippen LogP) is 3.98. The van der Waals surface area contributed by atoms with Crippen LogP contribution in [0.15, 0.2) is 60.9 Å². The second-order valence-corrected chi connectivity index (χ2v) is 6.31. The van der Waals surface area contributed by atoms with Crippen LogP contribution in [0.4, 0.5) is 5.82 Å². The molecule has 0 unspecified atom stereocenters. The minimum atomic E-state index is -0.266. The topological polar surface area (TPSA) is 66.9 Å². The molecule has 0 bridgehead atoms. The molecule has 2 N–H and O–H groups in total. The third-order valence-electron chi connectivity index (χ3n) is 3.97. The Balaban J connectivity index is 1.54. The summed E-state index contributed by atoms with van der Waals surface area (Å²) in [5, 5.41) is 6.69. The zero-order chi connectivity index (χ0) is 18.4. The van der Waals surface area contributed by atoms with Crippen molar-refractivity contribution in [1.82, 2.24) is 15.3 Å². The van der Waals surface area contributed by atoms with E-state index in [4.69, 9.17) is 11.6 Å². The van der Waals surface area contributed by atoms with Gasteiger partial charge < -0.3 is 10.6 Å². The summed E-state index contributed by atoms with van der Waals surface area (Å²) in [4.78, 5) is 20.6. The number of carbonyl (C=O) groups excluding carboxylic acids is 1. The largest absolute Gasteiger partial charge is 0.365 e. The molecule has 0 atom stereocenters. The number of rotatable bonds is 6. The Bertz CT molecular complexity index is 879. The van der Waals surface area contributed by atoms with Gasteiger partial charge in [-0.1, -0.05) is 48.0 Å². The highest BCUT2D eigenvalue weighted by atomic mass is 35.5. The number of nitrogens with zero attached hydrogens (tertiary/aromatic N) is 2. The van der Waals surface area contributed by atoms with Crippen LogP contribution in [0.3, 0.4) is 0 Å². The number of hydrogen-bond acceptors (Lipinski definition) is 4. The third-order valence-corrected chi connectivity index (χ3v) is 4.22. The van der Waals surface area contributed by atoms with Crippen LogP contribution in [0.5, 0.6) is 0 Å². The van der Waals surface area contributed by atoms with Crippen molar-refractivity contribution in [2.75, 3.05) is 5.32 Å². The van der Waals surface area contributed by atoms with Crippen LogP contribution in [0.25, 0.3) is 0 Å². The first-order chi connectivity index (χ1) is 12.6. The lowest BCUT2D eigenvalue weighted by Crippen LogP contribution is -2.24. The SMILES string of the molecule is Cc1ccccc1CNc1cnc(C(=O)NCc2ccc(Cl)cc2)cn1. The number of aryl methyl sites for hydroxylation is 1. The summed E-state index contributed by atoms with van der Waals surface area (Å²) in [5.74, 6) is 0.361. The molecule has 0 saturated heterocycles. The molecule has 0 radical (unpaired) electrons. The van der Waals surface area contributed by atoms with Crippen molar-refractivity contribution in [3.8, 4) is 0 Å². The maximum atomic E-state index is 12.2. The van der Waals surface area contributed by atoms with Crippen molar-refractivity contribution in [1.29, 1.82) is 0 Å². The van der Waals surface area contributed by atoms with Crippen LogP contribution in [-0.4, -0.2) is 15.9 Å². The summed E-state index contributed by atoms with van der Waals surface area (Å²) in [6.07, 6.45) is 3.03. The first kappa shape index (κ1) is 17.9. The van der Waals surface area contributed by atoms with Crippen molar-refractivity contribution in [2.24, 2.45) is 0 Å². The molecular formula is C20H19ClN4O. The molecule has 0 aliphatic rings. The van der Waals surface area contributed by atoms with E-state index in [9.17, 15) is 4.79 Å². The molecule has 0 saturated carbocycles. The fraction of sp³-hybridized carbons (Fsp3) is 0.150. The summed E-state index contributed by atoms with van der Waals surface area (Å²) >= 11 is 5.85. The lowest BCUT2D eigenvalue weighted by atomic mass is 10.1. The van der Waals surface area contributed by atoms with Crippen LogP contribution >= 0.6 is 11.6 Å². The van der Waals surface area contributed by atoms with Gasteiger partial charge >= 0.3 is 0 Å². The van der Waals surface area contributed by atoms with Crippen LogP contribution in [-0.2, 0) is 13.1 Å². The lowest BCUT2D eigenvalue weighted by molar-refractivity contribution is 0.0945. The number of hydrogen-bond donors (Lipinski definition) is 2. The molecule has 3 aromatic rings. The van der Waals surface area contributed by atoms with Gasteiger partial charge in [-0.3, -0.25) is 4.79 Å². The Morgan fingerprint density at radius 1 is 1.00 bits per heavy atom. The van der Waals surface area contributed by atoms with Crippen molar-refractivity contribution in [2.45, 2.75) is 20.0 Å². The highest BCUT2D eigenvalue weighted by molar-refractivity contribution is 6.30. The molecule has 0 aliphatic heterocycles. The zero-order valence-corrected chi connectivity index (χ0v) is 15.1. The van der Waals surface area contributed by atoms with Crippen molar-refractivity contribution in [3.63, 3.8) is 0 Å². The first-order valence-electron chi connectivity index (χ1n) is 8.25. The summed E-state index contributed by atoms with van der Waals surface area (Å²) in [6.45, 7) is 3.13. The Kier molecular flexibility index (Phi) is 5.81. The van der Waals surface area contributed by atoms with Crippen molar-refractivity contribution in [3.05, 3.63) is 88.3 Å². The molecule has 0 aliphatic carbocycles. The molecule has 1 heterocycles. The van der Waals surface area contributed by atoms with E-state index in [1.807, 2.05) is 24.3 Å². The van der Waals surface area contributed by atoms with Crippen LogP contribution in [0.1, 0.15) is 27.2 Å². The molecule has 1 aromatic heterocycles. The molecule has 0 spiro atoms. The average Bonchev–Trinajstić information content (AvgIpc) is 2.67. The zero-order valence-electron chi connectivity index (χ0n) is 14.4. The quantitative estimate of drug-likeness (QED) is 0.692. The van der Waals surface area contributed by atoms with Crippen LogP contribution in [0, 0.1) is 6.92 Å². The first-order valence-corrected chi connectivity index (χ1v) is 8.62. The van der Waals surface area contributed by atoms with Gasteiger partial charge in [0.05, 0.1) is 12.4 Å². The van der Waals surface area contributed by atoms with E-state index < -0.39 is 0 Å². The van der Waals surface area contributed by atoms with Gasteiger partial charge in [-0.25, -0.2) is 9.97 Å². The molecule has 1 amide bonds. The minimum Gasteiger partial charge on any atom is -0.365 e. The summed E-state index contributed by atoms with van der Waals surface area (Å²) in [6, 6.07) is 15.5. The standard InChI is InChI=1S/C20H19ClN4O/c1-14-4-2-3-5-16(14)11-23-19-13-22-18(12-24-19)20(26)25-10-15-6-8-17(21)9-7-15/h2-9,12-13H,10-11H2,1H3,(H,23,24)(H,25,26). The maximum Gasteiger partial charge on any atom is 0.271 e. The Morgan fingerprint density at radius 3 is 2.46 bits per heavy atom. The summed E-state index contributed by atoms with van der Waals surface area (Å²) < 4.78 is 0. The molecule has 132 valence electrons. The van der Waals surface area contributed by atoms with Gasteiger partial charge in [0.25, 0.3) is 5.91 Å². The van der Waals surface area contributed by atoms with Gasteiger partial charge in [-0.05, 0) is 35.7 Å². The smallest absolute Gasteiger partial charge is 0.271 e. The molecule has 5 nitrogen and oxygen atoms in total. The highest BCUT2D eigenvalue weighted by Crippen LogP contribution is 2.11. The maximum absolute atomic E-state index is 12.2. The van der Waals surface area contributed by atoms with Crippen molar-refractivity contribution < 1.29 is 4.79 Å². The number of amides is 1. The Morgan fingerprint density at radius 2 is 1.77 bits per heavy atom. The van der Waals surface area contributed by atoms with E-state index in [-0.39, 0.29) is 11.6 Å². The molecule has 6 heteroatoms. The molecule has 2 aromatic carbocycles. The Hall–Kier alpha value is -2.92. The monoisotopic (exact) mass is 366 g/mol. The van der Waals surface area contributed by atoms with Crippen molar-refractivity contribution >= 4 is 23.3 Å². The van der Waals surface area contributed by atoms with Gasteiger partial charge in [0.1, 0.15) is 11.5 Å². The fourth-order valence-electron chi connectivity index (χ4n) is 2.41. The predicted molar refractivity (Wildman–Crippen MR) is 103 cm³/mol. The highest BCUT2D eigenvalue weighted by Gasteiger charge is 2.08. The van der Waals surface area contributed by atoms with Gasteiger partial charge in [-0.2, -0.15) is 0 Å². The molecule has 26 heavy (non-hydrogen) atoms. The summed E-state index contributed by atoms with van der Waals surface area (Å²) in [5.41, 5.74) is 3.65. The Labute approximate surface area is 157 Å². The number of nitrogens with one attached hydrogen (secondary N) is 2. The van der Waals surface area contributed by atoms with E-state index in [1.165, 1.54) is 17.3 Å². The molecule has 3 rings (SSSR count). The molecular weight excluding hydrogens is 348 g/mol. The number of anilines is 1. The van der Waals surface area contributed by atoms with E-state index in [0.29, 0.717) is 23.9 Å². The van der Waals surface area contributed by atoms with Gasteiger partial charge in [0, 0.05) is 18.1 Å². The lowest BCUT2D eigenvalue weighted by Gasteiger charge is -2.09. The minimum absolute atomic E-state index is 0.266. The van der Waals surface area contributed by atoms with Gasteiger partial charge in [0.15, 0.2) is 0 Å². The van der Waals surface area contributed by atoms with Crippen LogP contribution < -0.4 is 10.6 Å². The van der Waals surface area contributed by atoms with E-state index in [1.54, 1.807) is 18.3 Å². The number of aromatic nitrogens is 2. The molecule has 0 fully saturated rings. The van der Waals surface area contributed by atoms with E-state index in [0.717, 1.165) is 5.56 Å². The van der Waals surface area contributed by atoms with E-state index >= 15 is 0 Å². The average molecular weight is 367 g/mol. The number of halogens is 1. The van der Waals surface area contributed by atoms with Crippen LogP contribution in [0.2, 0.25) is 5.02 Å². The second kappa shape index (κ2) is 8.45. The normalized spacial score (nSPS) is 10.4. The summed E-state index contributed by atoms with van der Waals surface area (Å²) in [7, 11) is 0. The third kappa shape index (κ3) is 4.80. The number of carbonyl (C=O) groups is 1. The van der Waals surface area contributed by atoms with Gasteiger partial charge in [0.2, 0.25) is 0 Å².